The molecule has 1 heterocycles. The van der Waals surface area contributed by atoms with Crippen LogP contribution in [0, 0.1) is 5.92 Å². The summed E-state index contributed by atoms with van der Waals surface area (Å²) < 4.78 is 5.36. The maximum atomic E-state index is 12.1. The highest BCUT2D eigenvalue weighted by Crippen LogP contribution is 2.23. The lowest BCUT2D eigenvalue weighted by atomic mass is 10.1. The summed E-state index contributed by atoms with van der Waals surface area (Å²) in [6.45, 7) is 8.56. The van der Waals surface area contributed by atoms with Crippen LogP contribution in [0.2, 0.25) is 0 Å². The van der Waals surface area contributed by atoms with E-state index in [1.807, 2.05) is 20.8 Å². The fourth-order valence-corrected chi connectivity index (χ4v) is 2.98. The van der Waals surface area contributed by atoms with Gasteiger partial charge in [0.1, 0.15) is 5.60 Å². The second kappa shape index (κ2) is 7.20. The molecule has 3 amide bonds. The van der Waals surface area contributed by atoms with E-state index < -0.39 is 5.60 Å². The summed E-state index contributed by atoms with van der Waals surface area (Å²) in [4.78, 5) is 27.6. The van der Waals surface area contributed by atoms with E-state index in [1.54, 1.807) is 9.80 Å². The van der Waals surface area contributed by atoms with Crippen LogP contribution >= 0.6 is 0 Å². The predicted molar refractivity (Wildman–Crippen MR) is 84.7 cm³/mol. The fourth-order valence-electron chi connectivity index (χ4n) is 2.98. The number of urea groups is 1. The second-order valence-electron chi connectivity index (χ2n) is 7.29. The number of carbonyl (C=O) groups excluding carboxylic acids is 2. The van der Waals surface area contributed by atoms with E-state index >= 15 is 0 Å². The lowest BCUT2D eigenvalue weighted by molar-refractivity contribution is 0.0170. The molecule has 2 rings (SSSR count). The molecule has 126 valence electrons. The van der Waals surface area contributed by atoms with Gasteiger partial charge in [-0.2, -0.15) is 0 Å². The quantitative estimate of drug-likeness (QED) is 0.852. The van der Waals surface area contributed by atoms with Crippen molar-refractivity contribution in [1.29, 1.82) is 0 Å². The van der Waals surface area contributed by atoms with Crippen LogP contribution in [0.25, 0.3) is 0 Å². The van der Waals surface area contributed by atoms with Crippen molar-refractivity contribution in [3.05, 3.63) is 0 Å². The van der Waals surface area contributed by atoms with Crippen LogP contribution in [0.5, 0.6) is 0 Å². The van der Waals surface area contributed by atoms with Crippen molar-refractivity contribution in [3.8, 4) is 0 Å². The van der Waals surface area contributed by atoms with Crippen LogP contribution < -0.4 is 5.32 Å². The molecule has 0 bridgehead atoms. The predicted octanol–water partition coefficient (Wildman–Crippen LogP) is 2.44. The van der Waals surface area contributed by atoms with Crippen molar-refractivity contribution in [1.82, 2.24) is 15.1 Å². The third-order valence-electron chi connectivity index (χ3n) is 4.24. The first kappa shape index (κ1) is 16.9. The summed E-state index contributed by atoms with van der Waals surface area (Å²) in [5.41, 5.74) is -0.479. The van der Waals surface area contributed by atoms with Gasteiger partial charge in [0.05, 0.1) is 0 Å². The SMILES string of the molecule is CC(C)(C)OC(=O)N1CCN(C(=O)NCC2CCCC2)CC1. The van der Waals surface area contributed by atoms with Gasteiger partial charge in [0.25, 0.3) is 0 Å². The van der Waals surface area contributed by atoms with Crippen LogP contribution in [0.4, 0.5) is 9.59 Å². The maximum Gasteiger partial charge on any atom is 0.410 e. The van der Waals surface area contributed by atoms with Gasteiger partial charge in [-0.25, -0.2) is 9.59 Å². The topological polar surface area (TPSA) is 61.9 Å². The third kappa shape index (κ3) is 5.07. The van der Waals surface area contributed by atoms with Crippen LogP contribution in [0.1, 0.15) is 46.5 Å². The monoisotopic (exact) mass is 311 g/mol. The largest absolute Gasteiger partial charge is 0.444 e. The average Bonchev–Trinajstić information content (AvgIpc) is 2.96. The number of nitrogens with one attached hydrogen (secondary N) is 1. The standard InChI is InChI=1S/C16H29N3O3/c1-16(2,3)22-15(21)19-10-8-18(9-11-19)14(20)17-12-13-6-4-5-7-13/h13H,4-12H2,1-3H3,(H,17,20). The van der Waals surface area contributed by atoms with Crippen LogP contribution in [-0.2, 0) is 4.74 Å². The summed E-state index contributed by atoms with van der Waals surface area (Å²) in [6, 6.07) is -0.00395. The Balaban J connectivity index is 1.69. The highest BCUT2D eigenvalue weighted by atomic mass is 16.6. The Hall–Kier alpha value is -1.46. The normalized spacial score (nSPS) is 20.1. The molecule has 1 aliphatic carbocycles. The number of ether oxygens (including phenoxy) is 1. The number of amides is 3. The number of piperazine rings is 1. The molecule has 6 heteroatoms. The first-order valence-electron chi connectivity index (χ1n) is 8.36. The van der Waals surface area contributed by atoms with Crippen LogP contribution in [0.3, 0.4) is 0 Å². The van der Waals surface area contributed by atoms with Crippen LogP contribution in [0.15, 0.2) is 0 Å². The summed E-state index contributed by atoms with van der Waals surface area (Å²) in [5.74, 6) is 0.645. The van der Waals surface area contributed by atoms with Crippen molar-refractivity contribution >= 4 is 12.1 Å². The first-order chi connectivity index (χ1) is 10.3. The number of nitrogens with zero attached hydrogens (tertiary/aromatic N) is 2. The Morgan fingerprint density at radius 3 is 2.14 bits per heavy atom. The molecule has 0 atom stereocenters. The van der Waals surface area contributed by atoms with Gasteiger partial charge in [0.2, 0.25) is 0 Å². The third-order valence-corrected chi connectivity index (χ3v) is 4.24. The minimum absolute atomic E-state index is 0.00395. The van der Waals surface area contributed by atoms with E-state index in [4.69, 9.17) is 4.74 Å². The Kier molecular flexibility index (Phi) is 5.53. The summed E-state index contributed by atoms with van der Waals surface area (Å²) in [5, 5.41) is 3.03. The van der Waals surface area contributed by atoms with Gasteiger partial charge in [-0.1, -0.05) is 12.8 Å². The van der Waals surface area contributed by atoms with Gasteiger partial charge in [-0.05, 0) is 39.5 Å². The molecule has 1 saturated heterocycles. The highest BCUT2D eigenvalue weighted by Gasteiger charge is 2.27. The molecule has 1 saturated carbocycles. The molecule has 0 unspecified atom stereocenters. The Labute approximate surface area is 133 Å². The van der Waals surface area contributed by atoms with E-state index in [-0.39, 0.29) is 12.1 Å². The zero-order chi connectivity index (χ0) is 16.2. The summed E-state index contributed by atoms with van der Waals surface area (Å²) in [7, 11) is 0. The molecule has 0 spiro atoms. The van der Waals surface area contributed by atoms with E-state index in [0.717, 1.165) is 6.54 Å². The van der Waals surface area contributed by atoms with Gasteiger partial charge >= 0.3 is 12.1 Å². The zero-order valence-electron chi connectivity index (χ0n) is 14.1. The van der Waals surface area contributed by atoms with Crippen molar-refractivity contribution in [2.75, 3.05) is 32.7 Å². The molecule has 22 heavy (non-hydrogen) atoms. The maximum absolute atomic E-state index is 12.1. The lowest BCUT2D eigenvalue weighted by Gasteiger charge is -2.35. The number of carbonyl (C=O) groups is 2. The highest BCUT2D eigenvalue weighted by molar-refractivity contribution is 5.75. The molecule has 0 aromatic heterocycles. The van der Waals surface area contributed by atoms with E-state index in [1.165, 1.54) is 25.7 Å². The summed E-state index contributed by atoms with van der Waals surface area (Å²) in [6.07, 6.45) is 4.74. The first-order valence-corrected chi connectivity index (χ1v) is 8.36. The van der Waals surface area contributed by atoms with Gasteiger partial charge in [0, 0.05) is 32.7 Å². The lowest BCUT2D eigenvalue weighted by Crippen LogP contribution is -2.54. The Morgan fingerprint density at radius 1 is 1.05 bits per heavy atom. The molecule has 0 aromatic rings. The second-order valence-corrected chi connectivity index (χ2v) is 7.29. The minimum Gasteiger partial charge on any atom is -0.444 e. The number of rotatable bonds is 2. The molecule has 6 nitrogen and oxygen atoms in total. The van der Waals surface area contributed by atoms with Gasteiger partial charge in [0.15, 0.2) is 0 Å². The van der Waals surface area contributed by atoms with Gasteiger partial charge in [-0.3, -0.25) is 0 Å². The zero-order valence-corrected chi connectivity index (χ0v) is 14.1. The Bertz CT molecular complexity index is 392. The molecule has 1 aliphatic heterocycles. The van der Waals surface area contributed by atoms with Crippen molar-refractivity contribution in [3.63, 3.8) is 0 Å². The molecular weight excluding hydrogens is 282 g/mol. The van der Waals surface area contributed by atoms with Gasteiger partial charge < -0.3 is 19.9 Å². The smallest absolute Gasteiger partial charge is 0.410 e. The Morgan fingerprint density at radius 2 is 1.59 bits per heavy atom. The minimum atomic E-state index is -0.479. The molecule has 0 aromatic carbocycles. The van der Waals surface area contributed by atoms with Gasteiger partial charge in [-0.15, -0.1) is 0 Å². The average molecular weight is 311 g/mol. The fraction of sp³-hybridized carbons (Fsp3) is 0.875. The molecule has 2 aliphatic rings. The van der Waals surface area contributed by atoms with E-state index in [2.05, 4.69) is 5.32 Å². The van der Waals surface area contributed by atoms with Crippen molar-refractivity contribution < 1.29 is 14.3 Å². The van der Waals surface area contributed by atoms with Crippen molar-refractivity contribution in [2.45, 2.75) is 52.1 Å². The molecule has 1 N–H and O–H groups in total. The van der Waals surface area contributed by atoms with Crippen molar-refractivity contribution in [2.24, 2.45) is 5.92 Å². The molecule has 2 fully saturated rings. The molecule has 0 radical (unpaired) electrons. The van der Waals surface area contributed by atoms with E-state index in [9.17, 15) is 9.59 Å². The van der Waals surface area contributed by atoms with Crippen LogP contribution in [-0.4, -0.2) is 60.2 Å². The summed E-state index contributed by atoms with van der Waals surface area (Å²) >= 11 is 0. The number of hydrogen-bond acceptors (Lipinski definition) is 3. The molecular formula is C16H29N3O3. The number of hydrogen-bond donors (Lipinski definition) is 1. The van der Waals surface area contributed by atoms with E-state index in [0.29, 0.717) is 32.1 Å².